The summed E-state index contributed by atoms with van der Waals surface area (Å²) in [6.45, 7) is 2.48. The fraction of sp³-hybridized carbons (Fsp3) is 0.550. The topological polar surface area (TPSA) is 97.0 Å². The van der Waals surface area contributed by atoms with Crippen LogP contribution in [-0.2, 0) is 4.79 Å². The second kappa shape index (κ2) is 8.18. The van der Waals surface area contributed by atoms with Crippen LogP contribution in [0.2, 0.25) is 0 Å². The maximum atomic E-state index is 12.8. The molecule has 1 saturated heterocycles. The number of benzene rings is 1. The lowest BCUT2D eigenvalue weighted by molar-refractivity contribution is -0.121. The lowest BCUT2D eigenvalue weighted by Gasteiger charge is -2.30. The van der Waals surface area contributed by atoms with Gasteiger partial charge >= 0.3 is 6.03 Å². The Labute approximate surface area is 163 Å². The van der Waals surface area contributed by atoms with Gasteiger partial charge in [0.1, 0.15) is 13.2 Å². The Bertz CT molecular complexity index is 769. The van der Waals surface area contributed by atoms with E-state index in [-0.39, 0.29) is 30.2 Å². The standard InChI is InChI=1S/C20H25N3O5/c24-18(22-20(26)21-15-2-3-15)12-23-7-5-13(6-8-23)19(25)14-1-4-16-17(11-14)28-10-9-27-16/h1,4,11,13,15H,2-3,5-10,12H2,(H2,21,22,24,26). The molecule has 0 aromatic heterocycles. The number of hydrogen-bond acceptors (Lipinski definition) is 6. The quantitative estimate of drug-likeness (QED) is 0.740. The monoisotopic (exact) mass is 387 g/mol. The lowest BCUT2D eigenvalue weighted by atomic mass is 9.88. The molecule has 2 fully saturated rings. The first kappa shape index (κ1) is 18.7. The Balaban J connectivity index is 1.25. The summed E-state index contributed by atoms with van der Waals surface area (Å²) in [5, 5.41) is 5.09. The van der Waals surface area contributed by atoms with Crippen LogP contribution in [0.3, 0.4) is 0 Å². The van der Waals surface area contributed by atoms with Crippen LogP contribution in [0, 0.1) is 5.92 Å². The van der Waals surface area contributed by atoms with Crippen LogP contribution in [-0.4, -0.2) is 61.5 Å². The van der Waals surface area contributed by atoms with Gasteiger partial charge in [0, 0.05) is 17.5 Å². The number of hydrogen-bond donors (Lipinski definition) is 2. The zero-order valence-corrected chi connectivity index (χ0v) is 15.7. The lowest BCUT2D eigenvalue weighted by Crippen LogP contribution is -2.47. The number of urea groups is 1. The number of ketones is 1. The van der Waals surface area contributed by atoms with Crippen molar-refractivity contribution in [2.45, 2.75) is 31.7 Å². The van der Waals surface area contributed by atoms with E-state index in [2.05, 4.69) is 10.6 Å². The Morgan fingerprint density at radius 3 is 2.43 bits per heavy atom. The summed E-state index contributed by atoms with van der Waals surface area (Å²) in [7, 11) is 0. The third-order valence-corrected chi connectivity index (χ3v) is 5.32. The molecule has 2 N–H and O–H groups in total. The van der Waals surface area contributed by atoms with Crippen LogP contribution in [0.25, 0.3) is 0 Å². The minimum atomic E-state index is -0.420. The summed E-state index contributed by atoms with van der Waals surface area (Å²) in [6, 6.07) is 5.13. The van der Waals surface area contributed by atoms with Crippen molar-refractivity contribution in [1.29, 1.82) is 0 Å². The maximum Gasteiger partial charge on any atom is 0.321 e. The number of rotatable bonds is 5. The molecule has 150 valence electrons. The highest BCUT2D eigenvalue weighted by Gasteiger charge is 2.28. The Morgan fingerprint density at radius 1 is 1.00 bits per heavy atom. The van der Waals surface area contributed by atoms with Gasteiger partial charge in [-0.15, -0.1) is 0 Å². The van der Waals surface area contributed by atoms with E-state index in [0.717, 1.165) is 12.8 Å². The van der Waals surface area contributed by atoms with Gasteiger partial charge in [-0.25, -0.2) is 4.79 Å². The van der Waals surface area contributed by atoms with Gasteiger partial charge < -0.3 is 14.8 Å². The Kier molecular flexibility index (Phi) is 5.47. The number of Topliss-reactive ketones (excluding diaryl/α,β-unsaturated/α-hetero) is 1. The molecule has 8 nitrogen and oxygen atoms in total. The molecule has 1 aliphatic carbocycles. The maximum absolute atomic E-state index is 12.8. The Morgan fingerprint density at radius 2 is 1.71 bits per heavy atom. The first-order chi connectivity index (χ1) is 13.6. The molecule has 28 heavy (non-hydrogen) atoms. The third kappa shape index (κ3) is 4.62. The predicted octanol–water partition coefficient (Wildman–Crippen LogP) is 1.34. The molecule has 8 heteroatoms. The van der Waals surface area contributed by atoms with Crippen LogP contribution in [0.1, 0.15) is 36.0 Å². The molecular formula is C20H25N3O5. The fourth-order valence-corrected chi connectivity index (χ4v) is 3.60. The van der Waals surface area contributed by atoms with E-state index in [1.165, 1.54) is 0 Å². The zero-order valence-electron chi connectivity index (χ0n) is 15.7. The molecule has 0 bridgehead atoms. The number of carbonyl (C=O) groups is 3. The highest BCUT2D eigenvalue weighted by molar-refractivity contribution is 5.98. The summed E-state index contributed by atoms with van der Waals surface area (Å²) in [4.78, 5) is 38.4. The minimum absolute atomic E-state index is 0.0694. The smallest absolute Gasteiger partial charge is 0.321 e. The van der Waals surface area contributed by atoms with Crippen molar-refractivity contribution >= 4 is 17.7 Å². The van der Waals surface area contributed by atoms with Crippen molar-refractivity contribution in [3.05, 3.63) is 23.8 Å². The van der Waals surface area contributed by atoms with Crippen molar-refractivity contribution in [2.75, 3.05) is 32.8 Å². The molecule has 1 aromatic carbocycles. The summed E-state index contributed by atoms with van der Waals surface area (Å²) < 4.78 is 11.1. The van der Waals surface area contributed by atoms with Crippen LogP contribution >= 0.6 is 0 Å². The van der Waals surface area contributed by atoms with Crippen molar-refractivity contribution in [1.82, 2.24) is 15.5 Å². The molecule has 0 spiro atoms. The summed E-state index contributed by atoms with van der Waals surface area (Å²) in [5.74, 6) is 1.02. The third-order valence-electron chi connectivity index (χ3n) is 5.32. The molecule has 1 saturated carbocycles. The summed E-state index contributed by atoms with van der Waals surface area (Å²) in [6.07, 6.45) is 3.34. The minimum Gasteiger partial charge on any atom is -0.486 e. The van der Waals surface area contributed by atoms with E-state index < -0.39 is 6.03 Å². The molecule has 0 unspecified atom stereocenters. The molecule has 0 atom stereocenters. The van der Waals surface area contributed by atoms with E-state index >= 15 is 0 Å². The molecule has 3 amide bonds. The highest BCUT2D eigenvalue weighted by Crippen LogP contribution is 2.32. The zero-order chi connectivity index (χ0) is 19.5. The van der Waals surface area contributed by atoms with Crippen molar-refractivity contribution in [3.63, 3.8) is 0 Å². The van der Waals surface area contributed by atoms with Gasteiger partial charge in [0.05, 0.1) is 6.54 Å². The molecule has 3 aliphatic rings. The first-order valence-electron chi connectivity index (χ1n) is 9.85. The average Bonchev–Trinajstić information content (AvgIpc) is 3.51. The van der Waals surface area contributed by atoms with E-state index in [4.69, 9.17) is 9.47 Å². The van der Waals surface area contributed by atoms with Gasteiger partial charge in [-0.3, -0.25) is 19.8 Å². The largest absolute Gasteiger partial charge is 0.486 e. The van der Waals surface area contributed by atoms with Gasteiger partial charge in [0.15, 0.2) is 17.3 Å². The molecule has 4 rings (SSSR count). The number of ether oxygens (including phenoxy) is 2. The average molecular weight is 387 g/mol. The number of likely N-dealkylation sites (tertiary alicyclic amines) is 1. The van der Waals surface area contributed by atoms with Gasteiger partial charge in [-0.05, 0) is 57.0 Å². The van der Waals surface area contributed by atoms with Crippen LogP contribution in [0.4, 0.5) is 4.79 Å². The number of fused-ring (bicyclic) bond motifs is 1. The number of nitrogens with zero attached hydrogens (tertiary/aromatic N) is 1. The first-order valence-corrected chi connectivity index (χ1v) is 9.85. The van der Waals surface area contributed by atoms with E-state index in [1.807, 2.05) is 4.90 Å². The highest BCUT2D eigenvalue weighted by atomic mass is 16.6. The van der Waals surface area contributed by atoms with Gasteiger partial charge in [0.2, 0.25) is 5.91 Å². The van der Waals surface area contributed by atoms with Crippen LogP contribution in [0.5, 0.6) is 11.5 Å². The number of piperidine rings is 1. The molecule has 0 radical (unpaired) electrons. The second-order valence-electron chi connectivity index (χ2n) is 7.57. The van der Waals surface area contributed by atoms with Crippen LogP contribution in [0.15, 0.2) is 18.2 Å². The SMILES string of the molecule is O=C(CN1CCC(C(=O)c2ccc3c(c2)OCCO3)CC1)NC(=O)NC1CC1. The normalized spacial score (nSPS) is 19.7. The Hall–Kier alpha value is -2.61. The van der Waals surface area contributed by atoms with Crippen molar-refractivity contribution < 1.29 is 23.9 Å². The van der Waals surface area contributed by atoms with E-state index in [1.54, 1.807) is 18.2 Å². The van der Waals surface area contributed by atoms with Crippen molar-refractivity contribution in [3.8, 4) is 11.5 Å². The summed E-state index contributed by atoms with van der Waals surface area (Å²) >= 11 is 0. The number of nitrogens with one attached hydrogen (secondary N) is 2. The molecule has 2 aliphatic heterocycles. The van der Waals surface area contributed by atoms with E-state index in [9.17, 15) is 14.4 Å². The van der Waals surface area contributed by atoms with Crippen molar-refractivity contribution in [2.24, 2.45) is 5.92 Å². The molecular weight excluding hydrogens is 362 g/mol. The van der Waals surface area contributed by atoms with E-state index in [0.29, 0.717) is 56.2 Å². The predicted molar refractivity (Wildman–Crippen MR) is 101 cm³/mol. The molecule has 2 heterocycles. The second-order valence-corrected chi connectivity index (χ2v) is 7.57. The number of carbonyl (C=O) groups excluding carboxylic acids is 3. The summed E-state index contributed by atoms with van der Waals surface area (Å²) in [5.41, 5.74) is 0.636. The van der Waals surface area contributed by atoms with Gasteiger partial charge in [0.25, 0.3) is 0 Å². The van der Waals surface area contributed by atoms with Gasteiger partial charge in [-0.2, -0.15) is 0 Å². The van der Waals surface area contributed by atoms with Crippen LogP contribution < -0.4 is 20.1 Å². The number of amides is 3. The fourth-order valence-electron chi connectivity index (χ4n) is 3.60. The number of imide groups is 1. The molecule has 1 aromatic rings. The van der Waals surface area contributed by atoms with Gasteiger partial charge in [-0.1, -0.05) is 0 Å².